The molecule has 122 valence electrons. The SMILES string of the molecule is CCOC(=O)C1(NC(C)C)CCCC(N2CCC(C)C2)C1. The minimum absolute atomic E-state index is 0.0457. The van der Waals surface area contributed by atoms with E-state index < -0.39 is 5.54 Å². The topological polar surface area (TPSA) is 41.6 Å². The second kappa shape index (κ2) is 7.10. The van der Waals surface area contributed by atoms with Crippen LogP contribution in [0.15, 0.2) is 0 Å². The normalized spacial score (nSPS) is 34.3. The van der Waals surface area contributed by atoms with Crippen LogP contribution in [0.3, 0.4) is 0 Å². The van der Waals surface area contributed by atoms with E-state index in [1.54, 1.807) is 0 Å². The molecule has 4 nitrogen and oxygen atoms in total. The Hall–Kier alpha value is -0.610. The molecule has 0 bridgehead atoms. The van der Waals surface area contributed by atoms with Gasteiger partial charge < -0.3 is 9.64 Å². The van der Waals surface area contributed by atoms with Crippen LogP contribution in [-0.2, 0) is 9.53 Å². The fourth-order valence-corrected chi connectivity index (χ4v) is 4.06. The number of nitrogens with one attached hydrogen (secondary N) is 1. The summed E-state index contributed by atoms with van der Waals surface area (Å²) in [5.41, 5.74) is -0.473. The number of hydrogen-bond acceptors (Lipinski definition) is 4. The quantitative estimate of drug-likeness (QED) is 0.792. The summed E-state index contributed by atoms with van der Waals surface area (Å²) in [5, 5.41) is 3.54. The summed E-state index contributed by atoms with van der Waals surface area (Å²) in [6.45, 7) is 11.3. The minimum atomic E-state index is -0.473. The molecule has 0 aromatic carbocycles. The summed E-state index contributed by atoms with van der Waals surface area (Å²) < 4.78 is 5.40. The second-order valence-electron chi connectivity index (χ2n) is 7.24. The third kappa shape index (κ3) is 3.98. The van der Waals surface area contributed by atoms with Crippen molar-refractivity contribution in [2.45, 2.75) is 77.4 Å². The summed E-state index contributed by atoms with van der Waals surface area (Å²) in [4.78, 5) is 15.2. The Bertz CT molecular complexity index is 359. The van der Waals surface area contributed by atoms with Crippen molar-refractivity contribution in [3.8, 4) is 0 Å². The van der Waals surface area contributed by atoms with Gasteiger partial charge in [0.15, 0.2) is 0 Å². The Morgan fingerprint density at radius 1 is 1.43 bits per heavy atom. The molecule has 1 aliphatic carbocycles. The van der Waals surface area contributed by atoms with Crippen LogP contribution in [0.4, 0.5) is 0 Å². The van der Waals surface area contributed by atoms with Crippen molar-refractivity contribution in [3.63, 3.8) is 0 Å². The molecule has 2 aliphatic rings. The maximum absolute atomic E-state index is 12.6. The summed E-state index contributed by atoms with van der Waals surface area (Å²) in [5.74, 6) is 0.748. The van der Waals surface area contributed by atoms with E-state index in [4.69, 9.17) is 4.74 Å². The fraction of sp³-hybridized carbons (Fsp3) is 0.941. The molecule has 4 heteroatoms. The Morgan fingerprint density at radius 3 is 2.76 bits per heavy atom. The van der Waals surface area contributed by atoms with Crippen molar-refractivity contribution in [3.05, 3.63) is 0 Å². The Morgan fingerprint density at radius 2 is 2.19 bits per heavy atom. The van der Waals surface area contributed by atoms with Crippen molar-refractivity contribution in [2.24, 2.45) is 5.92 Å². The lowest BCUT2D eigenvalue weighted by Crippen LogP contribution is -2.60. The van der Waals surface area contributed by atoms with Crippen LogP contribution in [0.2, 0.25) is 0 Å². The number of likely N-dealkylation sites (tertiary alicyclic amines) is 1. The van der Waals surface area contributed by atoms with Gasteiger partial charge in [0.1, 0.15) is 5.54 Å². The van der Waals surface area contributed by atoms with Gasteiger partial charge in [0.05, 0.1) is 6.61 Å². The van der Waals surface area contributed by atoms with E-state index in [9.17, 15) is 4.79 Å². The van der Waals surface area contributed by atoms with Gasteiger partial charge in [0.25, 0.3) is 0 Å². The Kier molecular flexibility index (Phi) is 5.67. The second-order valence-corrected chi connectivity index (χ2v) is 7.24. The molecular weight excluding hydrogens is 264 g/mol. The van der Waals surface area contributed by atoms with Crippen LogP contribution in [-0.4, -0.2) is 48.2 Å². The molecule has 0 radical (unpaired) electrons. The Labute approximate surface area is 129 Å². The molecular formula is C17H32N2O2. The number of ether oxygens (including phenoxy) is 1. The number of carbonyl (C=O) groups is 1. The standard InChI is InChI=1S/C17H32N2O2/c1-5-21-16(20)17(18-13(2)3)9-6-7-15(11-17)19-10-8-14(4)12-19/h13-15,18H,5-12H2,1-4H3. The maximum Gasteiger partial charge on any atom is 0.326 e. The predicted octanol–water partition coefficient (Wildman–Crippen LogP) is 2.57. The first-order valence-electron chi connectivity index (χ1n) is 8.66. The highest BCUT2D eigenvalue weighted by Crippen LogP contribution is 2.35. The third-order valence-electron chi connectivity index (χ3n) is 4.93. The van der Waals surface area contributed by atoms with Crippen LogP contribution < -0.4 is 5.32 Å². The van der Waals surface area contributed by atoms with Crippen molar-refractivity contribution >= 4 is 5.97 Å². The lowest BCUT2D eigenvalue weighted by atomic mass is 9.78. The third-order valence-corrected chi connectivity index (χ3v) is 4.93. The van der Waals surface area contributed by atoms with E-state index >= 15 is 0 Å². The molecule has 1 heterocycles. The largest absolute Gasteiger partial charge is 0.465 e. The zero-order chi connectivity index (χ0) is 15.5. The molecule has 2 rings (SSSR count). The van der Waals surface area contributed by atoms with E-state index in [-0.39, 0.29) is 5.97 Å². The van der Waals surface area contributed by atoms with Crippen molar-refractivity contribution < 1.29 is 9.53 Å². The van der Waals surface area contributed by atoms with E-state index in [0.29, 0.717) is 18.7 Å². The van der Waals surface area contributed by atoms with Gasteiger partial charge in [0.2, 0.25) is 0 Å². The summed E-state index contributed by atoms with van der Waals surface area (Å²) >= 11 is 0. The highest BCUT2D eigenvalue weighted by molar-refractivity contribution is 5.81. The number of hydrogen-bond donors (Lipinski definition) is 1. The molecule has 0 aromatic heterocycles. The van der Waals surface area contributed by atoms with Crippen LogP contribution in [0, 0.1) is 5.92 Å². The monoisotopic (exact) mass is 296 g/mol. The van der Waals surface area contributed by atoms with Crippen LogP contribution in [0.25, 0.3) is 0 Å². The molecule has 1 aliphatic heterocycles. The van der Waals surface area contributed by atoms with E-state index in [2.05, 4.69) is 31.0 Å². The number of rotatable bonds is 5. The first-order chi connectivity index (χ1) is 9.97. The highest BCUT2D eigenvalue weighted by Gasteiger charge is 2.46. The van der Waals surface area contributed by atoms with E-state index in [1.807, 2.05) is 6.92 Å². The molecule has 0 amide bonds. The smallest absolute Gasteiger partial charge is 0.326 e. The first-order valence-corrected chi connectivity index (χ1v) is 8.66. The summed E-state index contributed by atoms with van der Waals surface area (Å²) in [6.07, 6.45) is 5.42. The van der Waals surface area contributed by atoms with Gasteiger partial charge in [-0.1, -0.05) is 6.92 Å². The Balaban J connectivity index is 2.10. The highest BCUT2D eigenvalue weighted by atomic mass is 16.5. The molecule has 1 saturated heterocycles. The predicted molar refractivity (Wildman–Crippen MR) is 85.2 cm³/mol. The van der Waals surface area contributed by atoms with Gasteiger partial charge in [-0.05, 0) is 65.3 Å². The van der Waals surface area contributed by atoms with Gasteiger partial charge in [0, 0.05) is 18.6 Å². The van der Waals surface area contributed by atoms with Gasteiger partial charge in [-0.3, -0.25) is 10.1 Å². The lowest BCUT2D eigenvalue weighted by molar-refractivity contribution is -0.154. The van der Waals surface area contributed by atoms with Gasteiger partial charge in [-0.2, -0.15) is 0 Å². The molecule has 0 aromatic rings. The summed E-state index contributed by atoms with van der Waals surface area (Å²) in [6, 6.07) is 0.824. The number of esters is 1. The first kappa shape index (κ1) is 16.8. The van der Waals surface area contributed by atoms with E-state index in [1.165, 1.54) is 25.9 Å². The number of carbonyl (C=O) groups excluding carboxylic acids is 1. The molecule has 3 unspecified atom stereocenters. The zero-order valence-corrected chi connectivity index (χ0v) is 14.2. The number of nitrogens with zero attached hydrogens (tertiary/aromatic N) is 1. The fourth-order valence-electron chi connectivity index (χ4n) is 4.06. The maximum atomic E-state index is 12.6. The molecule has 1 N–H and O–H groups in total. The van der Waals surface area contributed by atoms with Crippen LogP contribution >= 0.6 is 0 Å². The molecule has 21 heavy (non-hydrogen) atoms. The van der Waals surface area contributed by atoms with Gasteiger partial charge >= 0.3 is 5.97 Å². The van der Waals surface area contributed by atoms with Crippen LogP contribution in [0.1, 0.15) is 59.8 Å². The zero-order valence-electron chi connectivity index (χ0n) is 14.2. The van der Waals surface area contributed by atoms with E-state index in [0.717, 1.165) is 25.2 Å². The molecule has 1 saturated carbocycles. The lowest BCUT2D eigenvalue weighted by Gasteiger charge is -2.43. The molecule has 3 atom stereocenters. The average Bonchev–Trinajstić information content (AvgIpc) is 2.85. The van der Waals surface area contributed by atoms with Crippen molar-refractivity contribution in [1.82, 2.24) is 10.2 Å². The van der Waals surface area contributed by atoms with Crippen LogP contribution in [0.5, 0.6) is 0 Å². The summed E-state index contributed by atoms with van der Waals surface area (Å²) in [7, 11) is 0. The van der Waals surface area contributed by atoms with Crippen molar-refractivity contribution in [2.75, 3.05) is 19.7 Å². The van der Waals surface area contributed by atoms with Gasteiger partial charge in [-0.15, -0.1) is 0 Å². The molecule has 0 spiro atoms. The van der Waals surface area contributed by atoms with Gasteiger partial charge in [-0.25, -0.2) is 0 Å². The molecule has 2 fully saturated rings. The van der Waals surface area contributed by atoms with Crippen molar-refractivity contribution in [1.29, 1.82) is 0 Å². The minimum Gasteiger partial charge on any atom is -0.465 e. The average molecular weight is 296 g/mol.